The van der Waals surface area contributed by atoms with Crippen LogP contribution in [-0.4, -0.2) is 44.4 Å². The highest BCUT2D eigenvalue weighted by molar-refractivity contribution is 5.93. The standard InChI is InChI=1S/C14H15N3O2/c1-14(19)9-16(10-14)13(18)12-7-8-17(15-12)11-5-3-2-4-6-11/h2-8,19H,9-10H2,1H3. The van der Waals surface area contributed by atoms with E-state index in [4.69, 9.17) is 0 Å². The number of aliphatic hydroxyl groups is 1. The molecule has 0 bridgehead atoms. The van der Waals surface area contributed by atoms with E-state index < -0.39 is 5.60 Å². The highest BCUT2D eigenvalue weighted by atomic mass is 16.3. The van der Waals surface area contributed by atoms with E-state index in [1.54, 1.807) is 28.8 Å². The smallest absolute Gasteiger partial charge is 0.274 e. The summed E-state index contributed by atoms with van der Waals surface area (Å²) in [5, 5.41) is 13.9. The molecule has 2 heterocycles. The van der Waals surface area contributed by atoms with Gasteiger partial charge in [0, 0.05) is 6.20 Å². The molecule has 0 unspecified atom stereocenters. The first-order valence-corrected chi connectivity index (χ1v) is 6.18. The molecule has 0 aliphatic carbocycles. The molecule has 1 amide bonds. The maximum atomic E-state index is 12.1. The summed E-state index contributed by atoms with van der Waals surface area (Å²) in [6, 6.07) is 11.3. The number of carbonyl (C=O) groups excluding carboxylic acids is 1. The minimum Gasteiger partial charge on any atom is -0.386 e. The van der Waals surface area contributed by atoms with Crippen LogP contribution in [0, 0.1) is 0 Å². The molecule has 1 N–H and O–H groups in total. The van der Waals surface area contributed by atoms with Crippen LogP contribution in [-0.2, 0) is 0 Å². The maximum Gasteiger partial charge on any atom is 0.274 e. The highest BCUT2D eigenvalue weighted by Gasteiger charge is 2.40. The van der Waals surface area contributed by atoms with Crippen molar-refractivity contribution in [2.75, 3.05) is 13.1 Å². The van der Waals surface area contributed by atoms with Gasteiger partial charge in [0.1, 0.15) is 0 Å². The third kappa shape index (κ3) is 2.24. The first kappa shape index (κ1) is 11.9. The van der Waals surface area contributed by atoms with Crippen LogP contribution in [0.2, 0.25) is 0 Å². The van der Waals surface area contributed by atoms with E-state index in [1.807, 2.05) is 30.3 Å². The number of aromatic nitrogens is 2. The molecule has 5 nitrogen and oxygen atoms in total. The number of hydrogen-bond donors (Lipinski definition) is 1. The van der Waals surface area contributed by atoms with E-state index in [0.717, 1.165) is 5.69 Å². The molecule has 5 heteroatoms. The summed E-state index contributed by atoms with van der Waals surface area (Å²) in [5.41, 5.74) is 0.564. The number of rotatable bonds is 2. The van der Waals surface area contributed by atoms with E-state index in [9.17, 15) is 9.90 Å². The zero-order chi connectivity index (χ0) is 13.5. The van der Waals surface area contributed by atoms with Gasteiger partial charge >= 0.3 is 0 Å². The van der Waals surface area contributed by atoms with Crippen molar-refractivity contribution in [3.63, 3.8) is 0 Å². The molecule has 98 valence electrons. The van der Waals surface area contributed by atoms with Crippen molar-refractivity contribution in [1.82, 2.24) is 14.7 Å². The van der Waals surface area contributed by atoms with Crippen LogP contribution in [0.1, 0.15) is 17.4 Å². The molecule has 1 aliphatic heterocycles. The Balaban J connectivity index is 1.77. The van der Waals surface area contributed by atoms with Crippen LogP contribution in [0.4, 0.5) is 0 Å². The summed E-state index contributed by atoms with van der Waals surface area (Å²) in [7, 11) is 0. The first-order valence-electron chi connectivity index (χ1n) is 6.18. The molecule has 1 aliphatic rings. The number of carbonyl (C=O) groups is 1. The number of benzene rings is 1. The number of para-hydroxylation sites is 1. The van der Waals surface area contributed by atoms with Crippen LogP contribution in [0.3, 0.4) is 0 Å². The third-order valence-corrected chi connectivity index (χ3v) is 3.18. The van der Waals surface area contributed by atoms with Crippen LogP contribution < -0.4 is 0 Å². The van der Waals surface area contributed by atoms with Gasteiger partial charge in [-0.25, -0.2) is 4.68 Å². The monoisotopic (exact) mass is 257 g/mol. The lowest BCUT2D eigenvalue weighted by Gasteiger charge is -2.43. The second kappa shape index (κ2) is 4.20. The largest absolute Gasteiger partial charge is 0.386 e. The normalized spacial score (nSPS) is 17.1. The minimum absolute atomic E-state index is 0.138. The lowest BCUT2D eigenvalue weighted by Crippen LogP contribution is -2.61. The number of likely N-dealkylation sites (tertiary alicyclic amines) is 1. The van der Waals surface area contributed by atoms with Gasteiger partial charge < -0.3 is 10.0 Å². The number of amides is 1. The zero-order valence-corrected chi connectivity index (χ0v) is 10.7. The summed E-state index contributed by atoms with van der Waals surface area (Å²) >= 11 is 0. The fraction of sp³-hybridized carbons (Fsp3) is 0.286. The lowest BCUT2D eigenvalue weighted by atomic mass is 9.97. The Morgan fingerprint density at radius 2 is 1.95 bits per heavy atom. The van der Waals surface area contributed by atoms with E-state index >= 15 is 0 Å². The molecule has 1 aromatic carbocycles. The molecule has 2 aromatic rings. The predicted octanol–water partition coefficient (Wildman–Crippen LogP) is 1.08. The van der Waals surface area contributed by atoms with Gasteiger partial charge in [0.2, 0.25) is 0 Å². The zero-order valence-electron chi connectivity index (χ0n) is 10.7. The van der Waals surface area contributed by atoms with Gasteiger partial charge in [-0.05, 0) is 25.1 Å². The van der Waals surface area contributed by atoms with Crippen molar-refractivity contribution in [1.29, 1.82) is 0 Å². The summed E-state index contributed by atoms with van der Waals surface area (Å²) in [5.74, 6) is -0.138. The Morgan fingerprint density at radius 3 is 2.58 bits per heavy atom. The molecular weight excluding hydrogens is 242 g/mol. The average molecular weight is 257 g/mol. The molecule has 0 radical (unpaired) electrons. The predicted molar refractivity (Wildman–Crippen MR) is 70.1 cm³/mol. The van der Waals surface area contributed by atoms with Crippen LogP contribution in [0.15, 0.2) is 42.6 Å². The van der Waals surface area contributed by atoms with Crippen LogP contribution in [0.25, 0.3) is 5.69 Å². The minimum atomic E-state index is -0.752. The summed E-state index contributed by atoms with van der Waals surface area (Å²) in [6.45, 7) is 2.45. The fourth-order valence-electron chi connectivity index (χ4n) is 2.24. The summed E-state index contributed by atoms with van der Waals surface area (Å²) < 4.78 is 1.67. The molecule has 19 heavy (non-hydrogen) atoms. The second-order valence-corrected chi connectivity index (χ2v) is 5.14. The van der Waals surface area contributed by atoms with Gasteiger partial charge in [-0.3, -0.25) is 4.79 Å². The number of β-amino-alcohol motifs (C(OH)–C–C–N with tert-alkyl or cyclic N) is 1. The Morgan fingerprint density at radius 1 is 1.26 bits per heavy atom. The van der Waals surface area contributed by atoms with Crippen molar-refractivity contribution in [3.05, 3.63) is 48.3 Å². The van der Waals surface area contributed by atoms with Crippen molar-refractivity contribution in [2.24, 2.45) is 0 Å². The Labute approximate surface area is 111 Å². The quantitative estimate of drug-likeness (QED) is 0.875. The number of hydrogen-bond acceptors (Lipinski definition) is 3. The molecule has 0 atom stereocenters. The maximum absolute atomic E-state index is 12.1. The molecule has 1 saturated heterocycles. The Hall–Kier alpha value is -2.14. The number of nitrogens with zero attached hydrogens (tertiary/aromatic N) is 3. The van der Waals surface area contributed by atoms with Crippen molar-refractivity contribution in [2.45, 2.75) is 12.5 Å². The average Bonchev–Trinajstić information content (AvgIpc) is 2.85. The molecule has 1 aromatic heterocycles. The van der Waals surface area contributed by atoms with Gasteiger partial charge in [-0.2, -0.15) is 5.10 Å². The molecule has 0 saturated carbocycles. The van der Waals surface area contributed by atoms with Gasteiger partial charge in [0.05, 0.1) is 24.4 Å². The van der Waals surface area contributed by atoms with E-state index in [-0.39, 0.29) is 5.91 Å². The molecule has 3 rings (SSSR count). The van der Waals surface area contributed by atoms with Gasteiger partial charge in [0.15, 0.2) is 5.69 Å². The van der Waals surface area contributed by atoms with Crippen LogP contribution in [0.5, 0.6) is 0 Å². The first-order chi connectivity index (χ1) is 9.05. The van der Waals surface area contributed by atoms with Crippen molar-refractivity contribution < 1.29 is 9.90 Å². The second-order valence-electron chi connectivity index (χ2n) is 5.14. The molecule has 1 fully saturated rings. The van der Waals surface area contributed by atoms with E-state index in [1.165, 1.54) is 0 Å². The summed E-state index contributed by atoms with van der Waals surface area (Å²) in [6.07, 6.45) is 1.76. The van der Waals surface area contributed by atoms with Crippen molar-refractivity contribution >= 4 is 5.91 Å². The van der Waals surface area contributed by atoms with E-state index in [0.29, 0.717) is 18.8 Å². The van der Waals surface area contributed by atoms with Gasteiger partial charge in [0.25, 0.3) is 5.91 Å². The highest BCUT2D eigenvalue weighted by Crippen LogP contribution is 2.21. The van der Waals surface area contributed by atoms with Crippen molar-refractivity contribution in [3.8, 4) is 5.69 Å². The third-order valence-electron chi connectivity index (χ3n) is 3.18. The molecular formula is C14H15N3O2. The van der Waals surface area contributed by atoms with Gasteiger partial charge in [-0.15, -0.1) is 0 Å². The fourth-order valence-corrected chi connectivity index (χ4v) is 2.24. The molecule has 0 spiro atoms. The lowest BCUT2D eigenvalue weighted by molar-refractivity contribution is -0.0670. The summed E-state index contributed by atoms with van der Waals surface area (Å²) in [4.78, 5) is 13.7. The Bertz CT molecular complexity index is 596. The van der Waals surface area contributed by atoms with Crippen LogP contribution >= 0.6 is 0 Å². The SMILES string of the molecule is CC1(O)CN(C(=O)c2ccn(-c3ccccc3)n2)C1. The van der Waals surface area contributed by atoms with Gasteiger partial charge in [-0.1, -0.05) is 18.2 Å². The Kier molecular flexibility index (Phi) is 2.64. The topological polar surface area (TPSA) is 58.4 Å². The van der Waals surface area contributed by atoms with E-state index in [2.05, 4.69) is 5.10 Å².